The Balaban J connectivity index is 1.77. The molecular formula is C19H27F2N3O3. The van der Waals surface area contributed by atoms with Crippen molar-refractivity contribution in [2.24, 2.45) is 0 Å². The molecule has 0 aromatic heterocycles. The predicted octanol–water partition coefficient (Wildman–Crippen LogP) is 1.80. The molecule has 6 nitrogen and oxygen atoms in total. The van der Waals surface area contributed by atoms with Crippen LogP contribution in [0.2, 0.25) is 0 Å². The van der Waals surface area contributed by atoms with E-state index < -0.39 is 17.5 Å². The molecule has 0 aromatic rings. The molecule has 0 atom stereocenters. The van der Waals surface area contributed by atoms with Gasteiger partial charge in [-0.1, -0.05) is 13.5 Å². The van der Waals surface area contributed by atoms with Gasteiger partial charge in [-0.15, -0.1) is 0 Å². The van der Waals surface area contributed by atoms with E-state index in [0.717, 1.165) is 0 Å². The SMILES string of the molecule is C=CC(=O)N1CCN(C2(C(=O)N(CCC)CCC(F)F)CC2)C(=O)C12CC2. The lowest BCUT2D eigenvalue weighted by molar-refractivity contribution is -0.160. The molecule has 1 aliphatic heterocycles. The zero-order valence-corrected chi connectivity index (χ0v) is 15.8. The first-order valence-electron chi connectivity index (χ1n) is 9.66. The van der Waals surface area contributed by atoms with Crippen LogP contribution in [0.5, 0.6) is 0 Å². The van der Waals surface area contributed by atoms with E-state index >= 15 is 0 Å². The Morgan fingerprint density at radius 1 is 1.22 bits per heavy atom. The average molecular weight is 383 g/mol. The summed E-state index contributed by atoms with van der Waals surface area (Å²) in [6, 6.07) is 0. The first kappa shape index (κ1) is 19.8. The van der Waals surface area contributed by atoms with E-state index in [4.69, 9.17) is 0 Å². The lowest BCUT2D eigenvalue weighted by Crippen LogP contribution is -2.65. The van der Waals surface area contributed by atoms with E-state index in [-0.39, 0.29) is 30.7 Å². The molecule has 1 heterocycles. The van der Waals surface area contributed by atoms with Crippen LogP contribution >= 0.6 is 0 Å². The average Bonchev–Trinajstić information content (AvgIpc) is 3.55. The summed E-state index contributed by atoms with van der Waals surface area (Å²) < 4.78 is 25.3. The second-order valence-corrected chi connectivity index (χ2v) is 7.69. The molecule has 0 unspecified atom stereocenters. The van der Waals surface area contributed by atoms with Crippen LogP contribution in [-0.2, 0) is 14.4 Å². The van der Waals surface area contributed by atoms with Gasteiger partial charge in [-0.25, -0.2) is 8.78 Å². The van der Waals surface area contributed by atoms with Gasteiger partial charge in [-0.2, -0.15) is 0 Å². The van der Waals surface area contributed by atoms with E-state index in [1.165, 1.54) is 11.0 Å². The number of hydrogen-bond acceptors (Lipinski definition) is 3. The highest BCUT2D eigenvalue weighted by Crippen LogP contribution is 2.51. The number of carbonyl (C=O) groups is 3. The Labute approximate surface area is 158 Å². The zero-order chi connectivity index (χ0) is 19.8. The standard InChI is InChI=1S/C19H27F2N3O3/c1-3-10-22(11-5-14(20)21)16(26)18(6-7-18)24-13-12-23(15(25)4-2)19(8-9-19)17(24)27/h4,14H,2-3,5-13H2,1H3. The van der Waals surface area contributed by atoms with Gasteiger partial charge in [0.2, 0.25) is 24.1 Å². The van der Waals surface area contributed by atoms with E-state index in [9.17, 15) is 23.2 Å². The minimum atomic E-state index is -2.46. The van der Waals surface area contributed by atoms with Crippen molar-refractivity contribution in [1.29, 1.82) is 0 Å². The van der Waals surface area contributed by atoms with Crippen molar-refractivity contribution >= 4 is 17.7 Å². The van der Waals surface area contributed by atoms with Crippen LogP contribution in [-0.4, -0.2) is 76.1 Å². The van der Waals surface area contributed by atoms with E-state index in [1.807, 2.05) is 6.92 Å². The van der Waals surface area contributed by atoms with Crippen LogP contribution in [0, 0.1) is 0 Å². The van der Waals surface area contributed by atoms with Crippen LogP contribution in [0.15, 0.2) is 12.7 Å². The second kappa shape index (κ2) is 7.20. The summed E-state index contributed by atoms with van der Waals surface area (Å²) in [4.78, 5) is 43.1. The maximum absolute atomic E-state index is 13.2. The molecule has 1 spiro atoms. The van der Waals surface area contributed by atoms with Gasteiger partial charge >= 0.3 is 0 Å². The van der Waals surface area contributed by atoms with Crippen LogP contribution in [0.1, 0.15) is 45.4 Å². The Kier molecular flexibility index (Phi) is 5.27. The molecule has 3 amide bonds. The van der Waals surface area contributed by atoms with Gasteiger partial charge in [-0.05, 0) is 38.2 Å². The summed E-state index contributed by atoms with van der Waals surface area (Å²) in [5, 5.41) is 0. The van der Waals surface area contributed by atoms with E-state index in [1.54, 1.807) is 9.80 Å². The van der Waals surface area contributed by atoms with Crippen LogP contribution in [0.25, 0.3) is 0 Å². The molecule has 3 aliphatic rings. The molecule has 1 saturated heterocycles. The molecule has 27 heavy (non-hydrogen) atoms. The lowest BCUT2D eigenvalue weighted by atomic mass is 10.0. The third kappa shape index (κ3) is 3.34. The van der Waals surface area contributed by atoms with Gasteiger partial charge in [0.05, 0.1) is 0 Å². The van der Waals surface area contributed by atoms with Crippen LogP contribution < -0.4 is 0 Å². The van der Waals surface area contributed by atoms with Gasteiger partial charge in [0, 0.05) is 32.6 Å². The lowest BCUT2D eigenvalue weighted by Gasteiger charge is -2.45. The summed E-state index contributed by atoms with van der Waals surface area (Å²) >= 11 is 0. The fourth-order valence-electron chi connectivity index (χ4n) is 4.17. The summed E-state index contributed by atoms with van der Waals surface area (Å²) in [5.74, 6) is -0.668. The molecule has 3 rings (SSSR count). The van der Waals surface area contributed by atoms with E-state index in [2.05, 4.69) is 6.58 Å². The molecule has 3 fully saturated rings. The van der Waals surface area contributed by atoms with Gasteiger partial charge in [0.15, 0.2) is 0 Å². The van der Waals surface area contributed by atoms with Crippen molar-refractivity contribution in [1.82, 2.24) is 14.7 Å². The number of piperazine rings is 1. The number of alkyl halides is 2. The van der Waals surface area contributed by atoms with Gasteiger partial charge in [0.1, 0.15) is 11.1 Å². The van der Waals surface area contributed by atoms with Gasteiger partial charge in [0.25, 0.3) is 0 Å². The molecule has 0 radical (unpaired) electrons. The monoisotopic (exact) mass is 383 g/mol. The summed E-state index contributed by atoms with van der Waals surface area (Å²) in [6.45, 7) is 6.47. The fourth-order valence-corrected chi connectivity index (χ4v) is 4.17. The Morgan fingerprint density at radius 3 is 2.37 bits per heavy atom. The highest BCUT2D eigenvalue weighted by atomic mass is 19.3. The normalized spacial score (nSPS) is 22.1. The largest absolute Gasteiger partial charge is 0.340 e. The summed E-state index contributed by atoms with van der Waals surface area (Å²) in [6.07, 6.45) is 1.36. The first-order chi connectivity index (χ1) is 12.8. The zero-order valence-electron chi connectivity index (χ0n) is 15.8. The third-order valence-corrected chi connectivity index (χ3v) is 5.91. The number of carbonyl (C=O) groups excluding carboxylic acids is 3. The number of halogens is 2. The third-order valence-electron chi connectivity index (χ3n) is 5.91. The number of amides is 3. The van der Waals surface area contributed by atoms with Crippen molar-refractivity contribution in [3.63, 3.8) is 0 Å². The quantitative estimate of drug-likeness (QED) is 0.601. The maximum Gasteiger partial charge on any atom is 0.249 e. The fraction of sp³-hybridized carbons (Fsp3) is 0.737. The summed E-state index contributed by atoms with van der Waals surface area (Å²) in [7, 11) is 0. The van der Waals surface area contributed by atoms with Crippen LogP contribution in [0.4, 0.5) is 8.78 Å². The molecule has 2 aliphatic carbocycles. The Hall–Kier alpha value is -1.99. The van der Waals surface area contributed by atoms with E-state index in [0.29, 0.717) is 51.7 Å². The molecule has 0 aromatic carbocycles. The Bertz CT molecular complexity index is 644. The highest BCUT2D eigenvalue weighted by Gasteiger charge is 2.66. The highest BCUT2D eigenvalue weighted by molar-refractivity contribution is 6.02. The topological polar surface area (TPSA) is 60.9 Å². The molecule has 0 bridgehead atoms. The minimum absolute atomic E-state index is 0.000336. The van der Waals surface area contributed by atoms with Gasteiger partial charge in [-0.3, -0.25) is 14.4 Å². The summed E-state index contributed by atoms with van der Waals surface area (Å²) in [5.41, 5.74) is -1.74. The smallest absolute Gasteiger partial charge is 0.249 e. The van der Waals surface area contributed by atoms with Gasteiger partial charge < -0.3 is 14.7 Å². The maximum atomic E-state index is 13.2. The first-order valence-corrected chi connectivity index (χ1v) is 9.66. The van der Waals surface area contributed by atoms with Crippen LogP contribution in [0.3, 0.4) is 0 Å². The molecule has 150 valence electrons. The molecular weight excluding hydrogens is 356 g/mol. The van der Waals surface area contributed by atoms with Crippen molar-refractivity contribution < 1.29 is 23.2 Å². The predicted molar refractivity (Wildman–Crippen MR) is 95.0 cm³/mol. The second-order valence-electron chi connectivity index (χ2n) is 7.69. The minimum Gasteiger partial charge on any atom is -0.340 e. The Morgan fingerprint density at radius 2 is 1.89 bits per heavy atom. The number of nitrogens with zero attached hydrogens (tertiary/aromatic N) is 3. The molecule has 2 saturated carbocycles. The number of hydrogen-bond donors (Lipinski definition) is 0. The molecule has 8 heteroatoms. The molecule has 0 N–H and O–H groups in total. The number of rotatable bonds is 8. The van der Waals surface area contributed by atoms with Crippen molar-refractivity contribution in [3.05, 3.63) is 12.7 Å². The van der Waals surface area contributed by atoms with Crippen molar-refractivity contribution in [2.45, 2.75) is 63.0 Å². The van der Waals surface area contributed by atoms with Crippen molar-refractivity contribution in [3.8, 4) is 0 Å². The van der Waals surface area contributed by atoms with Crippen molar-refractivity contribution in [2.75, 3.05) is 26.2 Å².